The van der Waals surface area contributed by atoms with Crippen LogP contribution in [-0.2, 0) is 32.9 Å². The van der Waals surface area contributed by atoms with E-state index >= 15 is 4.39 Å². The number of methoxy groups -OCH3 is 2. The lowest BCUT2D eigenvalue weighted by Gasteiger charge is -2.37. The summed E-state index contributed by atoms with van der Waals surface area (Å²) in [5, 5.41) is 37.3. The predicted octanol–water partition coefficient (Wildman–Crippen LogP) is 5.29. The van der Waals surface area contributed by atoms with Crippen molar-refractivity contribution in [3.63, 3.8) is 0 Å². The first-order chi connectivity index (χ1) is 50.0. The maximum atomic E-state index is 15.5. The molecular formula is C69H86ClF4N10O20P. The van der Waals surface area contributed by atoms with E-state index in [0.29, 0.717) is 19.3 Å². The molecule has 5 unspecified atom stereocenters. The number of alkyl halides is 5. The van der Waals surface area contributed by atoms with E-state index in [9.17, 15) is 66.8 Å². The maximum Gasteiger partial charge on any atom is 0.330 e. The molecule has 11 rings (SSSR count). The third-order valence-corrected chi connectivity index (χ3v) is 19.8. The number of aromatic amines is 4. The summed E-state index contributed by atoms with van der Waals surface area (Å²) in [6.07, 6.45) is -13.8. The number of hydrogen-bond donors (Lipinski definition) is 8. The van der Waals surface area contributed by atoms with Gasteiger partial charge in [-0.3, -0.25) is 57.4 Å². The van der Waals surface area contributed by atoms with Gasteiger partial charge >= 0.3 is 22.8 Å². The lowest BCUT2D eigenvalue weighted by molar-refractivity contribution is -0.0491. The zero-order valence-corrected chi connectivity index (χ0v) is 60.3. The molecule has 8 heterocycles. The number of aliphatic hydroxyl groups excluding tert-OH is 4. The number of nitrogens with one attached hydrogen (secondary N) is 4. The minimum absolute atomic E-state index is 0.0714. The second kappa shape index (κ2) is 38.7. The molecule has 7 aromatic rings. The van der Waals surface area contributed by atoms with Crippen LogP contribution in [0, 0.1) is 6.57 Å². The van der Waals surface area contributed by atoms with Crippen LogP contribution in [0.4, 0.5) is 17.6 Å². The van der Waals surface area contributed by atoms with Crippen LogP contribution < -0.4 is 54.5 Å². The quantitative estimate of drug-likeness (QED) is 0.0113. The van der Waals surface area contributed by atoms with Crippen LogP contribution in [0.3, 0.4) is 0 Å². The van der Waals surface area contributed by atoms with Crippen molar-refractivity contribution < 1.29 is 75.5 Å². The number of H-pyrrole nitrogens is 4. The number of rotatable bonds is 21. The summed E-state index contributed by atoms with van der Waals surface area (Å²) in [5.41, 5.74) is -2.40. The molecule has 4 saturated heterocycles. The monoisotopic (exact) mass is 1520 g/mol. The summed E-state index contributed by atoms with van der Waals surface area (Å²) in [4.78, 5) is 101. The van der Waals surface area contributed by atoms with Crippen molar-refractivity contribution in [1.82, 2.24) is 42.9 Å². The van der Waals surface area contributed by atoms with Crippen LogP contribution in [-0.4, -0.2) is 183 Å². The van der Waals surface area contributed by atoms with Crippen LogP contribution in [0.25, 0.3) is 4.85 Å². The van der Waals surface area contributed by atoms with E-state index in [1.54, 1.807) is 28.1 Å². The molecule has 3 aromatic carbocycles. The number of nitrogens with zero attached hydrogens (tertiary/aromatic N) is 6. The van der Waals surface area contributed by atoms with Crippen LogP contribution in [0.2, 0.25) is 0 Å². The third-order valence-electron chi connectivity index (χ3n) is 17.0. The topological polar surface area (TPSA) is 382 Å². The van der Waals surface area contributed by atoms with E-state index in [4.69, 9.17) is 60.7 Å². The Labute approximate surface area is 604 Å². The van der Waals surface area contributed by atoms with Gasteiger partial charge in [0, 0.05) is 61.1 Å². The summed E-state index contributed by atoms with van der Waals surface area (Å²) in [5.74, 6) is 1.61. The van der Waals surface area contributed by atoms with Crippen LogP contribution in [0.1, 0.15) is 109 Å². The number of halogens is 5. The normalized spacial score (nSPS) is 25.7. The third kappa shape index (κ3) is 20.3. The molecule has 4 aliphatic heterocycles. The molecule has 0 saturated carbocycles. The molecule has 36 heteroatoms. The number of ether oxygens (including phenoxy) is 6. The lowest BCUT2D eigenvalue weighted by Crippen LogP contribution is -2.39. The zero-order chi connectivity index (χ0) is 77.1. The number of benzene rings is 3. The van der Waals surface area contributed by atoms with Crippen LogP contribution >= 0.6 is 20.1 Å². The Morgan fingerprint density at radius 2 is 0.848 bits per heavy atom. The van der Waals surface area contributed by atoms with Gasteiger partial charge in [0.2, 0.25) is 6.54 Å². The van der Waals surface area contributed by atoms with E-state index in [1.807, 2.05) is 133 Å². The van der Waals surface area contributed by atoms with Crippen LogP contribution in [0.15, 0.2) is 166 Å². The van der Waals surface area contributed by atoms with E-state index in [2.05, 4.69) is 9.83 Å². The Balaban J connectivity index is 0.000000187. The van der Waals surface area contributed by atoms with Gasteiger partial charge in [-0.05, 0) is 87.9 Å². The lowest BCUT2D eigenvalue weighted by atomic mass is 9.84. The van der Waals surface area contributed by atoms with Gasteiger partial charge in [0.15, 0.2) is 49.6 Å². The Morgan fingerprint density at radius 3 is 1.14 bits per heavy atom. The fourth-order valence-corrected chi connectivity index (χ4v) is 13.8. The van der Waals surface area contributed by atoms with E-state index in [1.165, 1.54) is 6.20 Å². The van der Waals surface area contributed by atoms with Gasteiger partial charge in [0.1, 0.15) is 53.5 Å². The minimum atomic E-state index is -1.85. The standard InChI is InChI=1S/C21H19ClO2.C19H30FN4O5P.2C10H13FN2O4.C9H11FN2O5/c1-23-19-12-8-17(9-13-19)21(22,16-6-4-3-5-7-16)18-10-14-20(24-2)15-11-18;1-7-14-17(16(20)18(28-14)23-10-8-15(25)22-19(23)26)29-30(27-11-9-21-6)24(12(2)3)13(4)5;2*1-2-5-8(15)7(11)9(17-5)13-4-3-6(14)12-10(13)16;10-6-7(15)4(3-13)17-8(6)12-2-1-5(14)11-9(12)16/h3-15H,1-2H3;8,10,12-14,16-18H,7,9,11H2,1-5H3,(H,22,25,26);2*3-5,7-9,15H,2H2,1H3,(H,12,14,16);1-2,4,6-8,13,15H,3H2,(H,11,14,16)/t;14-,16?,17+,18-,30?;2*5-,7?,8+,9-;4-,6?,7+,8-/m.1111/s1. The number of aromatic nitrogens is 8. The molecule has 0 aliphatic carbocycles. The van der Waals surface area contributed by atoms with Gasteiger partial charge < -0.3 is 62.7 Å². The average molecular weight is 1520 g/mol. The average Bonchev–Trinajstić information content (AvgIpc) is 1.59. The Hall–Kier alpha value is -8.53. The van der Waals surface area contributed by atoms with Crippen molar-refractivity contribution >= 4 is 20.1 Å². The molecule has 8 N–H and O–H groups in total. The van der Waals surface area contributed by atoms with Crippen molar-refractivity contribution in [2.45, 2.75) is 183 Å². The van der Waals surface area contributed by atoms with E-state index in [-0.39, 0.29) is 25.2 Å². The van der Waals surface area contributed by atoms with Crippen molar-refractivity contribution in [3.05, 3.63) is 239 Å². The van der Waals surface area contributed by atoms with E-state index < -0.39 is 163 Å². The molecule has 572 valence electrons. The molecule has 4 aromatic heterocycles. The molecule has 17 atom stereocenters. The first-order valence-electron chi connectivity index (χ1n) is 33.4. The summed E-state index contributed by atoms with van der Waals surface area (Å²) in [6, 6.07) is 30.3. The highest BCUT2D eigenvalue weighted by Gasteiger charge is 2.50. The first-order valence-corrected chi connectivity index (χ1v) is 34.9. The van der Waals surface area contributed by atoms with Crippen LogP contribution in [0.5, 0.6) is 11.5 Å². The van der Waals surface area contributed by atoms with Gasteiger partial charge in [-0.15, -0.1) is 11.6 Å². The smallest absolute Gasteiger partial charge is 0.330 e. The highest BCUT2D eigenvalue weighted by molar-refractivity contribution is 7.44. The Morgan fingerprint density at radius 1 is 0.524 bits per heavy atom. The van der Waals surface area contributed by atoms with Gasteiger partial charge in [0.25, 0.3) is 30.8 Å². The summed E-state index contributed by atoms with van der Waals surface area (Å²) >= 11 is 7.22. The van der Waals surface area contributed by atoms with Crippen molar-refractivity contribution in [1.29, 1.82) is 0 Å². The Bertz CT molecular complexity index is 4170. The van der Waals surface area contributed by atoms with Gasteiger partial charge in [-0.1, -0.05) is 75.4 Å². The van der Waals surface area contributed by atoms with Gasteiger partial charge in [0.05, 0.1) is 39.1 Å². The highest BCUT2D eigenvalue weighted by atomic mass is 35.5. The second-order valence-electron chi connectivity index (χ2n) is 24.6. The second-order valence-corrected chi connectivity index (χ2v) is 26.5. The maximum absolute atomic E-state index is 15.5. The largest absolute Gasteiger partial charge is 0.497 e. The number of hydrogen-bond acceptors (Lipinski definition) is 21. The van der Waals surface area contributed by atoms with Crippen molar-refractivity contribution in [2.75, 3.05) is 34.0 Å². The summed E-state index contributed by atoms with van der Waals surface area (Å²) in [6.45, 7) is 20.1. The molecule has 30 nitrogen and oxygen atoms in total. The van der Waals surface area contributed by atoms with E-state index in [0.717, 1.165) is 89.3 Å². The molecule has 105 heavy (non-hydrogen) atoms. The fourth-order valence-electron chi connectivity index (χ4n) is 11.7. The summed E-state index contributed by atoms with van der Waals surface area (Å²) < 4.78 is 106. The highest BCUT2D eigenvalue weighted by Crippen LogP contribution is 2.51. The summed E-state index contributed by atoms with van der Waals surface area (Å²) in [7, 11) is 1.65. The molecule has 0 spiro atoms. The first kappa shape index (κ1) is 83.7. The SMILES string of the molecule is CC[C@H]1O[C@@H](n2ccc(=O)[nH]c2=O)C(F)[C@H]1O.CC[C@H]1O[C@@H](n2ccc(=O)[nH]c2=O)C(F)[C@H]1O.COc1ccc(C(Cl)(c2ccccc2)c2ccc(OC)cc2)cc1.O=c1ccn([C@@H]2O[C@H](CO)[C@H](O)C2F)c(=O)[nH]1.[C-]#[N+]CCOP(O[C@@H]1C(F)[C@H](n2ccc(=O)[nH]c2=O)O[C@@H]1CC)N(C(C)C)C(C)C. The zero-order valence-electron chi connectivity index (χ0n) is 58.6. The molecule has 0 bridgehead atoms. The van der Waals surface area contributed by atoms with Crippen molar-refractivity contribution in [2.24, 2.45) is 0 Å². The van der Waals surface area contributed by atoms with Gasteiger partial charge in [-0.25, -0.2) is 48.0 Å². The molecule has 4 aliphatic rings. The van der Waals surface area contributed by atoms with Crippen molar-refractivity contribution in [3.8, 4) is 11.5 Å². The minimum Gasteiger partial charge on any atom is -0.497 e. The molecule has 0 amide bonds. The van der Waals surface area contributed by atoms with Gasteiger partial charge in [-0.2, -0.15) is 0 Å². The predicted molar refractivity (Wildman–Crippen MR) is 376 cm³/mol. The molecule has 4 fully saturated rings. The Kier molecular flexibility index (Phi) is 30.8. The fraction of sp³-hybridized carbons (Fsp3) is 0.493. The number of aliphatic hydroxyl groups is 4. The molecule has 0 radical (unpaired) electrons. The molecular weight excluding hydrogens is 1430 g/mol.